The first-order valence-corrected chi connectivity index (χ1v) is 11.7. The monoisotopic (exact) mass is 457 g/mol. The Morgan fingerprint density at radius 2 is 1.65 bits per heavy atom. The van der Waals surface area contributed by atoms with Gasteiger partial charge in [0, 0.05) is 52.4 Å². The maximum Gasteiger partial charge on any atom is 0.414 e. The number of carbonyl (C=O) groups is 2. The minimum atomic E-state index is -3.41. The Morgan fingerprint density at radius 1 is 1.06 bits per heavy atom. The van der Waals surface area contributed by atoms with Crippen molar-refractivity contribution in [1.82, 2.24) is 14.5 Å². The minimum absolute atomic E-state index is 0.333. The van der Waals surface area contributed by atoms with E-state index in [1.165, 1.54) is 12.8 Å². The van der Waals surface area contributed by atoms with Crippen LogP contribution in [0, 0.1) is 6.92 Å². The highest BCUT2D eigenvalue weighted by molar-refractivity contribution is 7.89. The summed E-state index contributed by atoms with van der Waals surface area (Å²) in [5.41, 5.74) is 1.06. The van der Waals surface area contributed by atoms with Crippen LogP contribution >= 0.6 is 0 Å². The highest BCUT2D eigenvalue weighted by Gasteiger charge is 2.23. The number of nitrogens with one attached hydrogen (secondary N) is 1. The molecule has 0 radical (unpaired) electrons. The maximum atomic E-state index is 12.3. The zero-order chi connectivity index (χ0) is 22.9. The Hall–Kier alpha value is -2.05. The lowest BCUT2D eigenvalue weighted by atomic mass is 10.2. The van der Waals surface area contributed by atoms with Gasteiger partial charge in [-0.3, -0.25) is 9.80 Å². The molecule has 2 fully saturated rings. The molecule has 0 aliphatic carbocycles. The van der Waals surface area contributed by atoms with Crippen LogP contribution in [-0.4, -0.2) is 98.9 Å². The molecule has 0 saturated carbocycles. The zero-order valence-electron chi connectivity index (χ0n) is 17.7. The summed E-state index contributed by atoms with van der Waals surface area (Å²) in [7, 11) is -3.41. The highest BCUT2D eigenvalue weighted by Crippen LogP contribution is 2.14. The lowest BCUT2D eigenvalue weighted by molar-refractivity contribution is -0.159. The Morgan fingerprint density at radius 3 is 2.16 bits per heavy atom. The van der Waals surface area contributed by atoms with E-state index in [9.17, 15) is 8.42 Å². The van der Waals surface area contributed by atoms with Crippen molar-refractivity contribution in [2.45, 2.75) is 30.8 Å². The fourth-order valence-electron chi connectivity index (χ4n) is 3.41. The summed E-state index contributed by atoms with van der Waals surface area (Å²) in [4.78, 5) is 23.3. The van der Waals surface area contributed by atoms with Gasteiger partial charge in [-0.15, -0.1) is 0 Å². The van der Waals surface area contributed by atoms with Gasteiger partial charge in [-0.25, -0.2) is 22.7 Å². The zero-order valence-corrected chi connectivity index (χ0v) is 18.5. The minimum Gasteiger partial charge on any atom is -0.473 e. The van der Waals surface area contributed by atoms with Gasteiger partial charge in [0.1, 0.15) is 0 Å². The summed E-state index contributed by atoms with van der Waals surface area (Å²) in [6, 6.07) is 6.95. The third-order valence-electron chi connectivity index (χ3n) is 5.19. The van der Waals surface area contributed by atoms with Crippen LogP contribution in [0.1, 0.15) is 18.4 Å². The molecule has 174 valence electrons. The summed E-state index contributed by atoms with van der Waals surface area (Å²) >= 11 is 0. The first kappa shape index (κ1) is 25.2. The molecule has 0 amide bonds. The molecule has 2 aliphatic rings. The number of hydrogen-bond acceptors (Lipinski definition) is 7. The van der Waals surface area contributed by atoms with Gasteiger partial charge in [0.25, 0.3) is 0 Å². The van der Waals surface area contributed by atoms with E-state index in [4.69, 9.17) is 24.5 Å². The fraction of sp³-hybridized carbons (Fsp3) is 0.600. The second-order valence-corrected chi connectivity index (χ2v) is 9.37. The van der Waals surface area contributed by atoms with Crippen LogP contribution in [0.4, 0.5) is 0 Å². The van der Waals surface area contributed by atoms with Crippen molar-refractivity contribution in [1.29, 1.82) is 0 Å². The van der Waals surface area contributed by atoms with E-state index in [2.05, 4.69) is 14.5 Å². The molecular weight excluding hydrogens is 426 g/mol. The molecule has 0 spiro atoms. The molecule has 3 rings (SSSR count). The van der Waals surface area contributed by atoms with E-state index >= 15 is 0 Å². The van der Waals surface area contributed by atoms with Crippen LogP contribution in [0.15, 0.2) is 29.2 Å². The molecule has 0 bridgehead atoms. The van der Waals surface area contributed by atoms with Crippen molar-refractivity contribution >= 4 is 22.0 Å². The van der Waals surface area contributed by atoms with Gasteiger partial charge < -0.3 is 14.9 Å². The number of aliphatic carboxylic acids is 2. The quantitative estimate of drug-likeness (QED) is 0.491. The van der Waals surface area contributed by atoms with Crippen LogP contribution < -0.4 is 4.72 Å². The number of carboxylic acid groups (broad SMARTS) is 2. The van der Waals surface area contributed by atoms with Crippen molar-refractivity contribution in [3.8, 4) is 0 Å². The Labute approximate surface area is 182 Å². The van der Waals surface area contributed by atoms with E-state index in [1.807, 2.05) is 19.1 Å². The van der Waals surface area contributed by atoms with E-state index in [0.717, 1.165) is 51.4 Å². The number of piperazine rings is 1. The molecule has 1 atom stereocenters. The van der Waals surface area contributed by atoms with E-state index in [0.29, 0.717) is 17.5 Å². The second kappa shape index (κ2) is 12.1. The van der Waals surface area contributed by atoms with Gasteiger partial charge in [0.2, 0.25) is 10.0 Å². The summed E-state index contributed by atoms with van der Waals surface area (Å²) < 4.78 is 33.0. The summed E-state index contributed by atoms with van der Waals surface area (Å²) in [6.45, 7) is 9.12. The summed E-state index contributed by atoms with van der Waals surface area (Å²) in [6.07, 6.45) is 2.78. The lowest BCUT2D eigenvalue weighted by Gasteiger charge is -2.35. The van der Waals surface area contributed by atoms with Crippen molar-refractivity contribution in [3.05, 3.63) is 29.8 Å². The van der Waals surface area contributed by atoms with Crippen LogP contribution in [-0.2, 0) is 24.3 Å². The Kier molecular flexibility index (Phi) is 9.85. The number of carboxylic acids is 2. The van der Waals surface area contributed by atoms with Gasteiger partial charge in [-0.2, -0.15) is 0 Å². The molecule has 2 heterocycles. The smallest absolute Gasteiger partial charge is 0.414 e. The largest absolute Gasteiger partial charge is 0.473 e. The first-order chi connectivity index (χ1) is 14.7. The van der Waals surface area contributed by atoms with E-state index in [-0.39, 0.29) is 0 Å². The lowest BCUT2D eigenvalue weighted by Crippen LogP contribution is -2.50. The number of aryl methyl sites for hydroxylation is 1. The Bertz CT molecular complexity index is 804. The topological polar surface area (TPSA) is 136 Å². The van der Waals surface area contributed by atoms with Crippen molar-refractivity contribution in [2.24, 2.45) is 0 Å². The molecule has 31 heavy (non-hydrogen) atoms. The van der Waals surface area contributed by atoms with Gasteiger partial charge in [0.05, 0.1) is 11.0 Å². The molecular formula is C20H31N3O7S. The molecule has 3 N–H and O–H groups in total. The molecule has 2 saturated heterocycles. The normalized spacial score (nSPS) is 20.1. The van der Waals surface area contributed by atoms with Crippen LogP contribution in [0.25, 0.3) is 0 Å². The van der Waals surface area contributed by atoms with Gasteiger partial charge in [-0.05, 0) is 31.9 Å². The van der Waals surface area contributed by atoms with Crippen molar-refractivity contribution in [2.75, 3.05) is 52.4 Å². The number of rotatable bonds is 7. The van der Waals surface area contributed by atoms with Gasteiger partial charge in [-0.1, -0.05) is 17.7 Å². The third kappa shape index (κ3) is 8.91. The summed E-state index contributed by atoms with van der Waals surface area (Å²) in [5, 5.41) is 14.8. The molecule has 11 heteroatoms. The SMILES string of the molecule is Cc1ccc(S(=O)(=O)NCCN2CCN(CC3CCCO3)CC2)cc1.O=C(O)C(=O)O. The fourth-order valence-corrected chi connectivity index (χ4v) is 4.43. The van der Waals surface area contributed by atoms with Crippen LogP contribution in [0.3, 0.4) is 0 Å². The maximum absolute atomic E-state index is 12.3. The molecule has 10 nitrogen and oxygen atoms in total. The molecule has 0 aromatic heterocycles. The first-order valence-electron chi connectivity index (χ1n) is 10.3. The predicted molar refractivity (Wildman–Crippen MR) is 113 cm³/mol. The number of nitrogens with zero attached hydrogens (tertiary/aromatic N) is 2. The van der Waals surface area contributed by atoms with Crippen molar-refractivity contribution in [3.63, 3.8) is 0 Å². The van der Waals surface area contributed by atoms with Crippen molar-refractivity contribution < 1.29 is 33.0 Å². The molecule has 1 aromatic carbocycles. The van der Waals surface area contributed by atoms with Gasteiger partial charge in [0.15, 0.2) is 0 Å². The number of benzene rings is 1. The summed E-state index contributed by atoms with van der Waals surface area (Å²) in [5.74, 6) is -3.65. The van der Waals surface area contributed by atoms with Gasteiger partial charge >= 0.3 is 11.9 Å². The van der Waals surface area contributed by atoms with E-state index < -0.39 is 22.0 Å². The van der Waals surface area contributed by atoms with Crippen LogP contribution in [0.5, 0.6) is 0 Å². The highest BCUT2D eigenvalue weighted by atomic mass is 32.2. The van der Waals surface area contributed by atoms with E-state index in [1.54, 1.807) is 12.1 Å². The predicted octanol–water partition coefficient (Wildman–Crippen LogP) is 0.226. The number of sulfonamides is 1. The third-order valence-corrected chi connectivity index (χ3v) is 6.66. The average Bonchev–Trinajstić information content (AvgIpc) is 3.23. The number of ether oxygens (including phenoxy) is 1. The molecule has 1 aromatic rings. The Balaban J connectivity index is 0.000000501. The molecule has 1 unspecified atom stereocenters. The second-order valence-electron chi connectivity index (χ2n) is 7.60. The standard InChI is InChI=1S/C18H29N3O3S.C2H2O4/c1-16-4-6-18(7-5-16)25(22,23)19-8-9-20-10-12-21(13-11-20)15-17-3-2-14-24-17;3-1(4)2(5)6/h4-7,17,19H,2-3,8-15H2,1H3;(H,3,4)(H,5,6). The molecule has 2 aliphatic heterocycles. The van der Waals surface area contributed by atoms with Crippen LogP contribution in [0.2, 0.25) is 0 Å². The number of hydrogen-bond donors (Lipinski definition) is 3. The average molecular weight is 458 g/mol.